The zero-order valence-corrected chi connectivity index (χ0v) is 17.6. The van der Waals surface area contributed by atoms with Crippen LogP contribution >= 0.6 is 0 Å². The lowest BCUT2D eigenvalue weighted by atomic mass is 9.94. The topological polar surface area (TPSA) is 80.5 Å². The van der Waals surface area contributed by atoms with Gasteiger partial charge in [0.05, 0.1) is 18.7 Å². The third-order valence-corrected chi connectivity index (χ3v) is 5.23. The number of ether oxygens (including phenoxy) is 1. The minimum absolute atomic E-state index is 0.186. The second-order valence-electron chi connectivity index (χ2n) is 7.24. The van der Waals surface area contributed by atoms with E-state index in [0.717, 1.165) is 17.7 Å². The molecule has 0 fully saturated rings. The van der Waals surface area contributed by atoms with Gasteiger partial charge in [-0.3, -0.25) is 4.90 Å². The molecule has 160 valence electrons. The van der Waals surface area contributed by atoms with Gasteiger partial charge in [-0.1, -0.05) is 36.3 Å². The van der Waals surface area contributed by atoms with Gasteiger partial charge in [-0.2, -0.15) is 4.98 Å². The van der Waals surface area contributed by atoms with Gasteiger partial charge in [-0.15, -0.1) is 0 Å². The molecule has 4 rings (SSSR count). The predicted octanol–water partition coefficient (Wildman–Crippen LogP) is 4.79. The number of methoxy groups -OCH3 is 1. The lowest BCUT2D eigenvalue weighted by Gasteiger charge is -2.35. The minimum Gasteiger partial charge on any atom is -0.497 e. The van der Waals surface area contributed by atoms with E-state index in [4.69, 9.17) is 9.26 Å². The quantitative estimate of drug-likeness (QED) is 0.618. The van der Waals surface area contributed by atoms with Crippen LogP contribution in [0.5, 0.6) is 5.75 Å². The second kappa shape index (κ2) is 8.59. The third kappa shape index (κ3) is 4.01. The normalized spacial score (nSPS) is 16.5. The van der Waals surface area contributed by atoms with Crippen LogP contribution in [0.3, 0.4) is 0 Å². The largest absolute Gasteiger partial charge is 0.497 e. The van der Waals surface area contributed by atoms with Gasteiger partial charge in [0.2, 0.25) is 5.82 Å². The van der Waals surface area contributed by atoms with Crippen LogP contribution in [0.25, 0.3) is 17.0 Å². The second-order valence-corrected chi connectivity index (χ2v) is 7.24. The molecule has 2 aromatic carbocycles. The highest BCUT2D eigenvalue weighted by atomic mass is 19.1. The molecule has 0 saturated carbocycles. The molecule has 0 aliphatic carbocycles. The van der Waals surface area contributed by atoms with Crippen molar-refractivity contribution in [2.75, 3.05) is 13.7 Å². The Kier molecular flexibility index (Phi) is 5.70. The summed E-state index contributed by atoms with van der Waals surface area (Å²) >= 11 is 0. The van der Waals surface area contributed by atoms with Gasteiger partial charge in [0.25, 0.3) is 5.89 Å². The minimum atomic E-state index is -0.479. The molecule has 1 aliphatic heterocycles. The molecule has 7 nitrogen and oxygen atoms in total. The zero-order valence-electron chi connectivity index (χ0n) is 17.6. The van der Waals surface area contributed by atoms with Crippen molar-refractivity contribution in [3.8, 4) is 17.1 Å². The third-order valence-electron chi connectivity index (χ3n) is 5.23. The van der Waals surface area contributed by atoms with E-state index in [1.165, 1.54) is 12.1 Å². The molecule has 0 bridgehead atoms. The first-order valence-electron chi connectivity index (χ1n) is 10.0. The molecule has 0 spiro atoms. The summed E-state index contributed by atoms with van der Waals surface area (Å²) in [7, 11) is 1.60. The Labute approximate surface area is 179 Å². The fourth-order valence-electron chi connectivity index (χ4n) is 3.68. The molecule has 0 saturated heterocycles. The van der Waals surface area contributed by atoms with Crippen LogP contribution in [0.4, 0.5) is 9.18 Å². The molecule has 0 radical (unpaired) electrons. The Morgan fingerprint density at radius 3 is 2.68 bits per heavy atom. The monoisotopic (exact) mass is 422 g/mol. The van der Waals surface area contributed by atoms with Crippen LogP contribution in [-0.4, -0.2) is 34.7 Å². The van der Waals surface area contributed by atoms with E-state index >= 15 is 0 Å². The maximum atomic E-state index is 13.6. The molecular weight excluding hydrogens is 399 g/mol. The molecule has 1 aliphatic rings. The van der Waals surface area contributed by atoms with E-state index < -0.39 is 6.04 Å². The summed E-state index contributed by atoms with van der Waals surface area (Å²) in [6.07, 6.45) is 0.795. The molecule has 8 heteroatoms. The van der Waals surface area contributed by atoms with Crippen molar-refractivity contribution in [1.82, 2.24) is 20.4 Å². The van der Waals surface area contributed by atoms with Crippen molar-refractivity contribution < 1.29 is 18.4 Å². The lowest BCUT2D eigenvalue weighted by molar-refractivity contribution is 0.205. The predicted molar refractivity (Wildman–Crippen MR) is 114 cm³/mol. The molecule has 3 aromatic rings. The Morgan fingerprint density at radius 2 is 2.00 bits per heavy atom. The zero-order chi connectivity index (χ0) is 22.0. The lowest BCUT2D eigenvalue weighted by Crippen LogP contribution is -2.46. The fourth-order valence-corrected chi connectivity index (χ4v) is 3.68. The van der Waals surface area contributed by atoms with Crippen molar-refractivity contribution in [3.63, 3.8) is 0 Å². The average molecular weight is 422 g/mol. The summed E-state index contributed by atoms with van der Waals surface area (Å²) in [5.74, 6) is 0.891. The van der Waals surface area contributed by atoms with Crippen LogP contribution in [0.1, 0.15) is 37.8 Å². The first-order valence-corrected chi connectivity index (χ1v) is 10.0. The number of carbonyl (C=O) groups excluding carboxylic acids is 1. The summed E-state index contributed by atoms with van der Waals surface area (Å²) < 4.78 is 24.5. The molecule has 1 atom stereocenters. The van der Waals surface area contributed by atoms with Gasteiger partial charge in [0.15, 0.2) is 0 Å². The molecule has 1 N–H and O–H groups in total. The number of halogens is 1. The van der Waals surface area contributed by atoms with Gasteiger partial charge < -0.3 is 14.6 Å². The van der Waals surface area contributed by atoms with Gasteiger partial charge in [-0.05, 0) is 43.2 Å². The molecule has 1 aromatic heterocycles. The van der Waals surface area contributed by atoms with E-state index in [1.54, 1.807) is 24.1 Å². The smallest absolute Gasteiger partial charge is 0.322 e. The Balaban J connectivity index is 1.80. The number of allylic oxidation sites excluding steroid dienone is 1. The summed E-state index contributed by atoms with van der Waals surface area (Å²) in [6, 6.07) is 12.8. The SMILES string of the molecule is CCCN1C(=O)NC(c2ccc(OC)cc2)C(c2nc(-c3cccc(F)c3)no2)=C1C. The molecule has 31 heavy (non-hydrogen) atoms. The number of rotatable bonds is 6. The molecule has 1 unspecified atom stereocenters. The van der Waals surface area contributed by atoms with E-state index in [-0.39, 0.29) is 23.6 Å². The first kappa shape index (κ1) is 20.6. The number of hydrogen-bond acceptors (Lipinski definition) is 5. The molecule has 2 amide bonds. The summed E-state index contributed by atoms with van der Waals surface area (Å²) in [5, 5.41) is 7.09. The van der Waals surface area contributed by atoms with Crippen LogP contribution in [0, 0.1) is 5.82 Å². The first-order chi connectivity index (χ1) is 15.0. The highest BCUT2D eigenvalue weighted by Crippen LogP contribution is 2.37. The maximum Gasteiger partial charge on any atom is 0.322 e. The van der Waals surface area contributed by atoms with Crippen LogP contribution < -0.4 is 10.1 Å². The van der Waals surface area contributed by atoms with Crippen molar-refractivity contribution in [1.29, 1.82) is 0 Å². The number of amides is 2. The number of nitrogens with one attached hydrogen (secondary N) is 1. The van der Waals surface area contributed by atoms with Crippen LogP contribution in [-0.2, 0) is 0 Å². The highest BCUT2D eigenvalue weighted by Gasteiger charge is 2.35. The van der Waals surface area contributed by atoms with E-state index in [0.29, 0.717) is 23.4 Å². The number of nitrogens with zero attached hydrogens (tertiary/aromatic N) is 3. The summed E-state index contributed by atoms with van der Waals surface area (Å²) in [6.45, 7) is 4.43. The van der Waals surface area contributed by atoms with Crippen molar-refractivity contribution >= 4 is 11.6 Å². The van der Waals surface area contributed by atoms with Gasteiger partial charge in [0, 0.05) is 17.8 Å². The van der Waals surface area contributed by atoms with Crippen LogP contribution in [0.2, 0.25) is 0 Å². The Bertz CT molecular complexity index is 1120. The average Bonchev–Trinajstić information content (AvgIpc) is 3.26. The number of aromatic nitrogens is 2. The standard InChI is InChI=1S/C23H23FN4O3/c1-4-12-28-14(2)19(20(25-23(28)29)15-8-10-18(30-3)11-9-15)22-26-21(27-31-22)16-6-5-7-17(24)13-16/h5-11,13,20H,4,12H2,1-3H3,(H,25,29). The van der Waals surface area contributed by atoms with Crippen molar-refractivity contribution in [2.45, 2.75) is 26.3 Å². The van der Waals surface area contributed by atoms with Crippen molar-refractivity contribution in [2.24, 2.45) is 0 Å². The Hall–Kier alpha value is -3.68. The van der Waals surface area contributed by atoms with Gasteiger partial charge >= 0.3 is 6.03 Å². The van der Waals surface area contributed by atoms with E-state index in [9.17, 15) is 9.18 Å². The number of carbonyl (C=O) groups is 1. The van der Waals surface area contributed by atoms with Crippen LogP contribution in [0.15, 0.2) is 58.8 Å². The summed E-state index contributed by atoms with van der Waals surface area (Å²) in [5.41, 5.74) is 2.80. The van der Waals surface area contributed by atoms with Crippen molar-refractivity contribution in [3.05, 3.63) is 71.5 Å². The van der Waals surface area contributed by atoms with E-state index in [2.05, 4.69) is 15.5 Å². The van der Waals surface area contributed by atoms with Gasteiger partial charge in [-0.25, -0.2) is 9.18 Å². The highest BCUT2D eigenvalue weighted by molar-refractivity contribution is 5.86. The van der Waals surface area contributed by atoms with Gasteiger partial charge in [0.1, 0.15) is 11.6 Å². The number of benzene rings is 2. The van der Waals surface area contributed by atoms with E-state index in [1.807, 2.05) is 38.1 Å². The number of hydrogen-bond donors (Lipinski definition) is 1. The fraction of sp³-hybridized carbons (Fsp3) is 0.261. The maximum absolute atomic E-state index is 13.6. The Morgan fingerprint density at radius 1 is 1.23 bits per heavy atom. The molecular formula is C23H23FN4O3. The number of urea groups is 1. The molecule has 2 heterocycles. The summed E-state index contributed by atoms with van der Waals surface area (Å²) in [4.78, 5) is 19.0.